The lowest BCUT2D eigenvalue weighted by Crippen LogP contribution is -2.45. The molecule has 0 radical (unpaired) electrons. The van der Waals surface area contributed by atoms with Crippen LogP contribution in [0.5, 0.6) is 0 Å². The molecule has 0 aliphatic rings. The van der Waals surface area contributed by atoms with Crippen molar-refractivity contribution < 1.29 is 19.1 Å². The molecule has 1 unspecified atom stereocenters. The smallest absolute Gasteiger partial charge is 0.317 e. The molecule has 0 saturated carbocycles. The lowest BCUT2D eigenvalue weighted by atomic mass is 10.2. The van der Waals surface area contributed by atoms with E-state index in [0.717, 1.165) is 12.0 Å². The molecule has 0 bridgehead atoms. The number of hydrogen-bond acceptors (Lipinski definition) is 3. The fraction of sp³-hybridized carbons (Fsp3) is 0.467. The molecule has 7 heteroatoms. The summed E-state index contributed by atoms with van der Waals surface area (Å²) in [5.74, 6) is -1.92. The lowest BCUT2D eigenvalue weighted by molar-refractivity contribution is -0.139. The van der Waals surface area contributed by atoms with E-state index in [1.807, 2.05) is 6.92 Å². The highest BCUT2D eigenvalue weighted by Gasteiger charge is 2.23. The number of nitrogens with zero attached hydrogens (tertiary/aromatic N) is 1. The Bertz CT molecular complexity index is 526. The number of aryl methyl sites for hydroxylation is 1. The number of anilines is 1. The van der Waals surface area contributed by atoms with Crippen LogP contribution in [0, 0.1) is 12.7 Å². The molecule has 0 spiro atoms. The van der Waals surface area contributed by atoms with Crippen LogP contribution in [0.4, 0.5) is 10.1 Å². The van der Waals surface area contributed by atoms with Gasteiger partial charge in [0.2, 0.25) is 5.91 Å². The number of benzene rings is 1. The number of nitrogens with one attached hydrogen (secondary N) is 1. The summed E-state index contributed by atoms with van der Waals surface area (Å²) < 4.78 is 13.7. The number of aliphatic carboxylic acids is 1. The van der Waals surface area contributed by atoms with Crippen LogP contribution in [-0.2, 0) is 9.59 Å². The molecule has 1 rings (SSSR count). The standard InChI is InChI=1S/C15H21FN2O3.ClH/c1-4-7-18(9-14(19)20)11(3)15(21)17-13-6-5-10(2)8-12(13)16;/h5-6,8,11H,4,7,9H2,1-3H3,(H,17,21)(H,19,20);1H. The van der Waals surface area contributed by atoms with E-state index >= 15 is 0 Å². The van der Waals surface area contributed by atoms with Crippen molar-refractivity contribution in [2.45, 2.75) is 33.2 Å². The molecule has 0 fully saturated rings. The fourth-order valence-corrected chi connectivity index (χ4v) is 2.00. The summed E-state index contributed by atoms with van der Waals surface area (Å²) in [6.07, 6.45) is 0.726. The molecule has 1 aromatic rings. The van der Waals surface area contributed by atoms with Crippen molar-refractivity contribution >= 4 is 30.0 Å². The first-order chi connectivity index (χ1) is 9.85. The van der Waals surface area contributed by atoms with Gasteiger partial charge in [0.1, 0.15) is 5.82 Å². The summed E-state index contributed by atoms with van der Waals surface area (Å²) in [4.78, 5) is 24.5. The average molecular weight is 333 g/mol. The van der Waals surface area contributed by atoms with Crippen molar-refractivity contribution in [2.24, 2.45) is 0 Å². The van der Waals surface area contributed by atoms with Crippen LogP contribution in [0.25, 0.3) is 0 Å². The highest BCUT2D eigenvalue weighted by Crippen LogP contribution is 2.16. The number of carbonyl (C=O) groups is 2. The Morgan fingerprint density at radius 1 is 1.41 bits per heavy atom. The minimum atomic E-state index is -0.996. The SMILES string of the molecule is CCCN(CC(=O)O)C(C)C(=O)Nc1ccc(C)cc1F.Cl. The van der Waals surface area contributed by atoms with Crippen LogP contribution in [-0.4, -0.2) is 41.0 Å². The Hall–Kier alpha value is -1.66. The van der Waals surface area contributed by atoms with Crippen LogP contribution in [0.2, 0.25) is 0 Å². The number of hydrogen-bond donors (Lipinski definition) is 2. The van der Waals surface area contributed by atoms with Gasteiger partial charge in [0, 0.05) is 0 Å². The summed E-state index contributed by atoms with van der Waals surface area (Å²) >= 11 is 0. The van der Waals surface area contributed by atoms with Gasteiger partial charge >= 0.3 is 5.97 Å². The van der Waals surface area contributed by atoms with Crippen molar-refractivity contribution in [2.75, 3.05) is 18.4 Å². The first-order valence-electron chi connectivity index (χ1n) is 6.88. The highest BCUT2D eigenvalue weighted by atomic mass is 35.5. The number of carboxylic acid groups (broad SMARTS) is 1. The maximum atomic E-state index is 13.7. The zero-order valence-electron chi connectivity index (χ0n) is 12.9. The van der Waals surface area contributed by atoms with E-state index < -0.39 is 23.7 Å². The maximum Gasteiger partial charge on any atom is 0.317 e. The number of amides is 1. The van der Waals surface area contributed by atoms with Crippen LogP contribution in [0.1, 0.15) is 25.8 Å². The molecule has 0 saturated heterocycles. The first kappa shape index (κ1) is 20.3. The Balaban J connectivity index is 0.00000441. The van der Waals surface area contributed by atoms with Crippen molar-refractivity contribution in [1.82, 2.24) is 4.90 Å². The molecular formula is C15H22ClFN2O3. The number of halogens is 2. The summed E-state index contributed by atoms with van der Waals surface area (Å²) in [7, 11) is 0. The van der Waals surface area contributed by atoms with Gasteiger partial charge in [0.25, 0.3) is 0 Å². The predicted octanol–water partition coefficient (Wildman–Crippen LogP) is 2.68. The van der Waals surface area contributed by atoms with Crippen LogP contribution >= 0.6 is 12.4 Å². The second-order valence-electron chi connectivity index (χ2n) is 5.01. The van der Waals surface area contributed by atoms with Gasteiger partial charge in [0.05, 0.1) is 18.3 Å². The van der Waals surface area contributed by atoms with Crippen molar-refractivity contribution in [3.8, 4) is 0 Å². The predicted molar refractivity (Wildman–Crippen MR) is 86.0 cm³/mol. The van der Waals surface area contributed by atoms with Crippen LogP contribution in [0.15, 0.2) is 18.2 Å². The molecule has 0 aliphatic heterocycles. The Morgan fingerprint density at radius 2 is 2.05 bits per heavy atom. The van der Waals surface area contributed by atoms with Crippen molar-refractivity contribution in [3.05, 3.63) is 29.6 Å². The van der Waals surface area contributed by atoms with Gasteiger partial charge in [-0.15, -0.1) is 12.4 Å². The Labute approximate surface area is 135 Å². The van der Waals surface area contributed by atoms with E-state index in [1.54, 1.807) is 24.8 Å². The zero-order valence-corrected chi connectivity index (χ0v) is 13.7. The number of rotatable bonds is 7. The van der Waals surface area contributed by atoms with Gasteiger partial charge in [-0.2, -0.15) is 0 Å². The third-order valence-electron chi connectivity index (χ3n) is 3.16. The molecule has 0 aromatic heterocycles. The van der Waals surface area contributed by atoms with Gasteiger partial charge in [-0.25, -0.2) is 4.39 Å². The molecular weight excluding hydrogens is 311 g/mol. The minimum Gasteiger partial charge on any atom is -0.480 e. The third-order valence-corrected chi connectivity index (χ3v) is 3.16. The van der Waals surface area contributed by atoms with Gasteiger partial charge in [0.15, 0.2) is 0 Å². The molecule has 1 atom stereocenters. The number of carbonyl (C=O) groups excluding carboxylic acids is 1. The summed E-state index contributed by atoms with van der Waals surface area (Å²) in [5.41, 5.74) is 0.862. The van der Waals surface area contributed by atoms with E-state index in [4.69, 9.17) is 5.11 Å². The molecule has 0 heterocycles. The van der Waals surface area contributed by atoms with Crippen molar-refractivity contribution in [1.29, 1.82) is 0 Å². The molecule has 0 aliphatic carbocycles. The third kappa shape index (κ3) is 5.99. The van der Waals surface area contributed by atoms with Gasteiger partial charge < -0.3 is 10.4 Å². The monoisotopic (exact) mass is 332 g/mol. The Morgan fingerprint density at radius 3 is 2.55 bits per heavy atom. The molecule has 2 N–H and O–H groups in total. The highest BCUT2D eigenvalue weighted by molar-refractivity contribution is 5.94. The number of carboxylic acids is 1. The van der Waals surface area contributed by atoms with E-state index in [1.165, 1.54) is 12.1 Å². The fourth-order valence-electron chi connectivity index (χ4n) is 2.00. The van der Waals surface area contributed by atoms with E-state index in [-0.39, 0.29) is 24.6 Å². The minimum absolute atomic E-state index is 0. The zero-order chi connectivity index (χ0) is 16.0. The summed E-state index contributed by atoms with van der Waals surface area (Å²) in [6, 6.07) is 3.88. The van der Waals surface area contributed by atoms with E-state index in [9.17, 15) is 14.0 Å². The maximum absolute atomic E-state index is 13.7. The average Bonchev–Trinajstić information content (AvgIpc) is 2.40. The van der Waals surface area contributed by atoms with Crippen molar-refractivity contribution in [3.63, 3.8) is 0 Å². The largest absolute Gasteiger partial charge is 0.480 e. The molecule has 124 valence electrons. The first-order valence-corrected chi connectivity index (χ1v) is 6.88. The van der Waals surface area contributed by atoms with E-state index in [0.29, 0.717) is 6.54 Å². The second kappa shape index (κ2) is 9.38. The van der Waals surface area contributed by atoms with Gasteiger partial charge in [-0.1, -0.05) is 13.0 Å². The second-order valence-corrected chi connectivity index (χ2v) is 5.01. The van der Waals surface area contributed by atoms with Gasteiger partial charge in [-0.3, -0.25) is 14.5 Å². The molecule has 1 aromatic carbocycles. The lowest BCUT2D eigenvalue weighted by Gasteiger charge is -2.26. The molecule has 5 nitrogen and oxygen atoms in total. The van der Waals surface area contributed by atoms with Gasteiger partial charge in [-0.05, 0) is 44.5 Å². The molecule has 22 heavy (non-hydrogen) atoms. The van der Waals surface area contributed by atoms with Crippen LogP contribution < -0.4 is 5.32 Å². The summed E-state index contributed by atoms with van der Waals surface area (Å²) in [5, 5.41) is 11.4. The summed E-state index contributed by atoms with van der Waals surface area (Å²) in [6.45, 7) is 5.53. The van der Waals surface area contributed by atoms with Crippen LogP contribution in [0.3, 0.4) is 0 Å². The Kier molecular flexibility index (Phi) is 8.67. The normalized spacial score (nSPS) is 11.7. The topological polar surface area (TPSA) is 69.6 Å². The quantitative estimate of drug-likeness (QED) is 0.805. The van der Waals surface area contributed by atoms with E-state index in [2.05, 4.69) is 5.32 Å². The molecule has 1 amide bonds.